The van der Waals surface area contributed by atoms with Crippen molar-refractivity contribution >= 4 is 28.9 Å². The van der Waals surface area contributed by atoms with Crippen LogP contribution in [0.4, 0.5) is 4.79 Å². The number of nitrogens with two attached hydrogens (primary N) is 1. The molecule has 0 aliphatic heterocycles. The van der Waals surface area contributed by atoms with Crippen molar-refractivity contribution in [3.63, 3.8) is 0 Å². The fourth-order valence-electron chi connectivity index (χ4n) is 1.76. The first-order chi connectivity index (χ1) is 8.63. The number of aryl methyl sites for hydroxylation is 1. The van der Waals surface area contributed by atoms with Crippen molar-refractivity contribution in [3.8, 4) is 0 Å². The molecule has 1 amide bonds. The molecular weight excluding hydrogens is 256 g/mol. The number of primary amides is 1. The number of rotatable bonds is 4. The summed E-state index contributed by atoms with van der Waals surface area (Å²) in [4.78, 5) is 19.2. The minimum absolute atomic E-state index is 0.167. The first-order valence-electron chi connectivity index (χ1n) is 5.42. The Labute approximate surface area is 109 Å². The van der Waals surface area contributed by atoms with Crippen LogP contribution in [0.3, 0.4) is 0 Å². The zero-order valence-corrected chi connectivity index (χ0v) is 10.6. The van der Waals surface area contributed by atoms with Crippen molar-refractivity contribution in [2.24, 2.45) is 5.73 Å². The molecule has 2 heterocycles. The number of fused-ring (bicyclic) bond motifs is 1. The van der Waals surface area contributed by atoms with Gasteiger partial charge in [0.2, 0.25) is 0 Å². The highest BCUT2D eigenvalue weighted by Crippen LogP contribution is 2.18. The van der Waals surface area contributed by atoms with Crippen LogP contribution >= 0.6 is 11.6 Å². The lowest BCUT2D eigenvalue weighted by atomic mass is 10.3. The van der Waals surface area contributed by atoms with E-state index in [2.05, 4.69) is 9.97 Å². The first-order valence-corrected chi connectivity index (χ1v) is 5.96. The number of imidazole rings is 1. The summed E-state index contributed by atoms with van der Waals surface area (Å²) in [7, 11) is 0. The molecule has 6 nitrogen and oxygen atoms in total. The van der Waals surface area contributed by atoms with Crippen LogP contribution in [-0.4, -0.2) is 27.2 Å². The fraction of sp³-hybridized carbons (Fsp3) is 0.364. The summed E-state index contributed by atoms with van der Waals surface area (Å²) in [5.41, 5.74) is 7.49. The molecule has 0 spiro atoms. The molecule has 0 aliphatic carbocycles. The zero-order chi connectivity index (χ0) is 13.1. The average Bonchev–Trinajstić information content (AvgIpc) is 2.69. The van der Waals surface area contributed by atoms with Crippen molar-refractivity contribution < 1.29 is 9.53 Å². The molecule has 0 aliphatic rings. The Kier molecular flexibility index (Phi) is 3.66. The van der Waals surface area contributed by atoms with Gasteiger partial charge in [-0.1, -0.05) is 0 Å². The van der Waals surface area contributed by atoms with Crippen LogP contribution in [0.2, 0.25) is 0 Å². The molecular formula is C11H13ClN4O2. The summed E-state index contributed by atoms with van der Waals surface area (Å²) in [6.45, 7) is 2.55. The van der Waals surface area contributed by atoms with Gasteiger partial charge in [-0.15, -0.1) is 11.6 Å². The molecule has 2 N–H and O–H groups in total. The number of pyridine rings is 1. The van der Waals surface area contributed by atoms with Crippen LogP contribution in [0.15, 0.2) is 12.3 Å². The third kappa shape index (κ3) is 2.38. The van der Waals surface area contributed by atoms with E-state index in [1.165, 1.54) is 0 Å². The molecule has 2 aromatic rings. The van der Waals surface area contributed by atoms with Gasteiger partial charge in [-0.3, -0.25) is 0 Å². The summed E-state index contributed by atoms with van der Waals surface area (Å²) in [5.74, 6) is 0.966. The minimum atomic E-state index is -0.795. The largest absolute Gasteiger partial charge is 0.448 e. The van der Waals surface area contributed by atoms with Gasteiger partial charge in [0, 0.05) is 6.20 Å². The second kappa shape index (κ2) is 5.22. The lowest BCUT2D eigenvalue weighted by molar-refractivity contribution is 0.152. The maximum absolute atomic E-state index is 10.5. The van der Waals surface area contributed by atoms with Gasteiger partial charge in [-0.2, -0.15) is 0 Å². The van der Waals surface area contributed by atoms with Gasteiger partial charge in [0.15, 0.2) is 5.65 Å². The Hall–Kier alpha value is -1.82. The summed E-state index contributed by atoms with van der Waals surface area (Å²) in [6.07, 6.45) is 0.916. The number of carbonyl (C=O) groups is 1. The number of hydrogen-bond donors (Lipinski definition) is 1. The molecule has 7 heteroatoms. The van der Waals surface area contributed by atoms with E-state index in [0.717, 1.165) is 16.7 Å². The predicted molar refractivity (Wildman–Crippen MR) is 67.4 cm³/mol. The quantitative estimate of drug-likeness (QED) is 0.853. The Morgan fingerprint density at radius 3 is 3.06 bits per heavy atom. The van der Waals surface area contributed by atoms with E-state index in [9.17, 15) is 4.79 Å². The van der Waals surface area contributed by atoms with Gasteiger partial charge in [0.05, 0.1) is 12.4 Å². The normalized spacial score (nSPS) is 10.8. The number of nitrogens with zero attached hydrogens (tertiary/aromatic N) is 3. The summed E-state index contributed by atoms with van der Waals surface area (Å²) < 4.78 is 6.54. The Balaban J connectivity index is 2.35. The van der Waals surface area contributed by atoms with Gasteiger partial charge in [0.25, 0.3) is 0 Å². The molecule has 0 bridgehead atoms. The molecule has 0 aromatic carbocycles. The number of ether oxygens (including phenoxy) is 1. The standard InChI is InChI=1S/C11H13ClN4O2/c1-7-2-3-14-10-9(7)15-8(6-12)16(10)4-5-18-11(13)17/h2-3H,4-6H2,1H3,(H2,13,17). The molecule has 2 aromatic heterocycles. The fourth-order valence-corrected chi connectivity index (χ4v) is 1.96. The van der Waals surface area contributed by atoms with Crippen molar-refractivity contribution in [1.29, 1.82) is 0 Å². The van der Waals surface area contributed by atoms with Gasteiger partial charge < -0.3 is 15.0 Å². The third-order valence-electron chi connectivity index (χ3n) is 2.59. The van der Waals surface area contributed by atoms with Gasteiger partial charge >= 0.3 is 6.09 Å². The molecule has 2 rings (SSSR count). The minimum Gasteiger partial charge on any atom is -0.448 e. The van der Waals surface area contributed by atoms with Gasteiger partial charge in [0.1, 0.15) is 17.9 Å². The number of hydrogen-bond acceptors (Lipinski definition) is 4. The van der Waals surface area contributed by atoms with Crippen molar-refractivity contribution in [2.75, 3.05) is 6.61 Å². The summed E-state index contributed by atoms with van der Waals surface area (Å²) >= 11 is 5.85. The van der Waals surface area contributed by atoms with E-state index in [-0.39, 0.29) is 12.5 Å². The van der Waals surface area contributed by atoms with Crippen LogP contribution < -0.4 is 5.73 Å². The molecule has 0 fully saturated rings. The first kappa shape index (κ1) is 12.6. The van der Waals surface area contributed by atoms with Crippen molar-refractivity contribution in [3.05, 3.63) is 23.7 Å². The predicted octanol–water partition coefficient (Wildman–Crippen LogP) is 1.57. The van der Waals surface area contributed by atoms with Crippen LogP contribution in [0.25, 0.3) is 11.2 Å². The van der Waals surface area contributed by atoms with E-state index < -0.39 is 6.09 Å². The molecule has 18 heavy (non-hydrogen) atoms. The van der Waals surface area contributed by atoms with Gasteiger partial charge in [-0.05, 0) is 18.6 Å². The molecule has 96 valence electrons. The third-order valence-corrected chi connectivity index (χ3v) is 2.83. The van der Waals surface area contributed by atoms with E-state index in [1.807, 2.05) is 17.6 Å². The maximum atomic E-state index is 10.5. The topological polar surface area (TPSA) is 83.0 Å². The van der Waals surface area contributed by atoms with Gasteiger partial charge in [-0.25, -0.2) is 14.8 Å². The van der Waals surface area contributed by atoms with Crippen molar-refractivity contribution in [2.45, 2.75) is 19.3 Å². The second-order valence-corrected chi connectivity index (χ2v) is 4.05. The summed E-state index contributed by atoms with van der Waals surface area (Å²) in [5, 5.41) is 0. The van der Waals surface area contributed by atoms with E-state index in [1.54, 1.807) is 6.20 Å². The summed E-state index contributed by atoms with van der Waals surface area (Å²) in [6, 6.07) is 1.89. The number of alkyl halides is 1. The second-order valence-electron chi connectivity index (χ2n) is 3.78. The van der Waals surface area contributed by atoms with E-state index in [0.29, 0.717) is 12.4 Å². The van der Waals surface area contributed by atoms with E-state index in [4.69, 9.17) is 22.1 Å². The Bertz CT molecular complexity index is 582. The van der Waals surface area contributed by atoms with E-state index >= 15 is 0 Å². The Morgan fingerprint density at radius 1 is 1.61 bits per heavy atom. The SMILES string of the molecule is Cc1ccnc2c1nc(CCl)n2CCOC(N)=O. The Morgan fingerprint density at radius 2 is 2.39 bits per heavy atom. The average molecular weight is 269 g/mol. The lowest BCUT2D eigenvalue weighted by Gasteiger charge is -2.06. The van der Waals surface area contributed by atoms with Crippen LogP contribution in [0, 0.1) is 6.92 Å². The molecule has 0 unspecified atom stereocenters. The molecule has 0 saturated carbocycles. The smallest absolute Gasteiger partial charge is 0.404 e. The van der Waals surface area contributed by atoms with Crippen LogP contribution in [0.1, 0.15) is 11.4 Å². The highest BCUT2D eigenvalue weighted by molar-refractivity contribution is 6.16. The van der Waals surface area contributed by atoms with Crippen LogP contribution in [-0.2, 0) is 17.2 Å². The highest BCUT2D eigenvalue weighted by atomic mass is 35.5. The number of amides is 1. The highest BCUT2D eigenvalue weighted by Gasteiger charge is 2.12. The molecule has 0 radical (unpaired) electrons. The molecule has 0 atom stereocenters. The number of aromatic nitrogens is 3. The lowest BCUT2D eigenvalue weighted by Crippen LogP contribution is -2.17. The van der Waals surface area contributed by atoms with Crippen LogP contribution in [0.5, 0.6) is 0 Å². The monoisotopic (exact) mass is 268 g/mol. The maximum Gasteiger partial charge on any atom is 0.404 e. The molecule has 0 saturated heterocycles. The zero-order valence-electron chi connectivity index (χ0n) is 9.89. The van der Waals surface area contributed by atoms with Crippen molar-refractivity contribution in [1.82, 2.24) is 14.5 Å². The number of halogens is 1. The number of carbonyl (C=O) groups excluding carboxylic acids is 1.